The summed E-state index contributed by atoms with van der Waals surface area (Å²) in [5, 5.41) is 15.2. The van der Waals surface area contributed by atoms with Gasteiger partial charge in [-0.15, -0.1) is 0 Å². The van der Waals surface area contributed by atoms with Crippen molar-refractivity contribution in [1.29, 1.82) is 0 Å². The first kappa shape index (κ1) is 22.3. The number of hydrogen-bond acceptors (Lipinski definition) is 3. The zero-order valence-corrected chi connectivity index (χ0v) is 14.5. The molecular weight excluding hydrogens is 368 g/mol. The SMILES string of the molecule is CCCCCC(=O)Nc1c(C(O)(C(F)(F)F)C(F)(F)F)cnn1C(C)C. The van der Waals surface area contributed by atoms with E-state index in [0.29, 0.717) is 12.8 Å². The molecule has 11 heteroatoms. The van der Waals surface area contributed by atoms with Crippen molar-refractivity contribution in [3.63, 3.8) is 0 Å². The third kappa shape index (κ3) is 4.30. The highest BCUT2D eigenvalue weighted by Gasteiger charge is 2.72. The van der Waals surface area contributed by atoms with Crippen molar-refractivity contribution in [3.05, 3.63) is 11.8 Å². The van der Waals surface area contributed by atoms with Crippen LogP contribution in [0.5, 0.6) is 0 Å². The number of halogens is 6. The molecule has 0 bridgehead atoms. The predicted octanol–water partition coefficient (Wildman–Crippen LogP) is 4.30. The Labute approximate surface area is 146 Å². The van der Waals surface area contributed by atoms with E-state index >= 15 is 0 Å². The molecule has 1 rings (SSSR count). The lowest BCUT2D eigenvalue weighted by atomic mass is 9.94. The maximum atomic E-state index is 13.1. The summed E-state index contributed by atoms with van der Waals surface area (Å²) in [6.45, 7) is 4.80. The number of unbranched alkanes of at least 4 members (excludes halogenated alkanes) is 2. The average molecular weight is 389 g/mol. The minimum Gasteiger partial charge on any atom is -0.369 e. The van der Waals surface area contributed by atoms with Gasteiger partial charge in [0.2, 0.25) is 5.91 Å². The van der Waals surface area contributed by atoms with Crippen molar-refractivity contribution >= 4 is 11.7 Å². The van der Waals surface area contributed by atoms with E-state index in [1.54, 1.807) is 0 Å². The molecule has 0 fully saturated rings. The van der Waals surface area contributed by atoms with Gasteiger partial charge in [-0.05, 0) is 20.3 Å². The van der Waals surface area contributed by atoms with Crippen LogP contribution in [0.15, 0.2) is 6.20 Å². The van der Waals surface area contributed by atoms with Gasteiger partial charge in [-0.1, -0.05) is 19.8 Å². The summed E-state index contributed by atoms with van der Waals surface area (Å²) < 4.78 is 79.7. The molecule has 0 saturated heterocycles. The lowest BCUT2D eigenvalue weighted by molar-refractivity contribution is -0.376. The van der Waals surface area contributed by atoms with Gasteiger partial charge in [-0.3, -0.25) is 4.79 Å². The second-order valence-corrected chi connectivity index (χ2v) is 6.16. The molecule has 2 N–H and O–H groups in total. The van der Waals surface area contributed by atoms with Gasteiger partial charge in [0.05, 0.1) is 11.8 Å². The molecule has 0 atom stereocenters. The molecule has 0 unspecified atom stereocenters. The first-order chi connectivity index (χ1) is 11.8. The van der Waals surface area contributed by atoms with Crippen molar-refractivity contribution in [3.8, 4) is 0 Å². The first-order valence-corrected chi connectivity index (χ1v) is 8.01. The summed E-state index contributed by atoms with van der Waals surface area (Å²) in [5.74, 6) is -1.58. The van der Waals surface area contributed by atoms with Crippen molar-refractivity contribution < 1.29 is 36.2 Å². The van der Waals surface area contributed by atoms with Crippen LogP contribution in [0.4, 0.5) is 32.2 Å². The van der Waals surface area contributed by atoms with Crippen LogP contribution in [-0.4, -0.2) is 33.1 Å². The van der Waals surface area contributed by atoms with Gasteiger partial charge in [-0.2, -0.15) is 31.4 Å². The molecule has 0 radical (unpaired) electrons. The van der Waals surface area contributed by atoms with E-state index in [1.165, 1.54) is 13.8 Å². The molecule has 0 spiro atoms. The normalized spacial score (nSPS) is 13.3. The Balaban J connectivity index is 3.41. The van der Waals surface area contributed by atoms with Gasteiger partial charge in [0, 0.05) is 12.5 Å². The highest BCUT2D eigenvalue weighted by molar-refractivity contribution is 5.90. The van der Waals surface area contributed by atoms with E-state index < -0.39 is 41.3 Å². The Bertz CT molecular complexity index is 608. The van der Waals surface area contributed by atoms with E-state index in [-0.39, 0.29) is 12.6 Å². The maximum absolute atomic E-state index is 13.1. The lowest BCUT2D eigenvalue weighted by Gasteiger charge is -2.32. The van der Waals surface area contributed by atoms with Gasteiger partial charge in [0.1, 0.15) is 5.82 Å². The van der Waals surface area contributed by atoms with Gasteiger partial charge >= 0.3 is 12.4 Å². The Morgan fingerprint density at radius 2 is 1.73 bits per heavy atom. The summed E-state index contributed by atoms with van der Waals surface area (Å²) in [7, 11) is 0. The highest BCUT2D eigenvalue weighted by atomic mass is 19.4. The molecule has 26 heavy (non-hydrogen) atoms. The zero-order valence-electron chi connectivity index (χ0n) is 14.5. The fourth-order valence-electron chi connectivity index (χ4n) is 2.34. The number of rotatable bonds is 7. The molecule has 0 aliphatic heterocycles. The van der Waals surface area contributed by atoms with E-state index in [2.05, 4.69) is 10.4 Å². The number of anilines is 1. The van der Waals surface area contributed by atoms with E-state index in [4.69, 9.17) is 0 Å². The molecule has 0 aromatic carbocycles. The average Bonchev–Trinajstić information content (AvgIpc) is 2.88. The fraction of sp³-hybridized carbons (Fsp3) is 0.733. The monoisotopic (exact) mass is 389 g/mol. The third-order valence-corrected chi connectivity index (χ3v) is 3.76. The molecule has 1 heterocycles. The van der Waals surface area contributed by atoms with Crippen molar-refractivity contribution in [2.75, 3.05) is 5.32 Å². The molecule has 150 valence electrons. The highest BCUT2D eigenvalue weighted by Crippen LogP contribution is 2.52. The third-order valence-electron chi connectivity index (χ3n) is 3.76. The van der Waals surface area contributed by atoms with Crippen molar-refractivity contribution in [2.24, 2.45) is 0 Å². The number of nitrogens with zero attached hydrogens (tertiary/aromatic N) is 2. The molecule has 1 aromatic heterocycles. The Morgan fingerprint density at radius 1 is 1.19 bits per heavy atom. The smallest absolute Gasteiger partial charge is 0.369 e. The number of aliphatic hydroxyl groups is 1. The summed E-state index contributed by atoms with van der Waals surface area (Å²) in [5.41, 5.74) is -6.71. The summed E-state index contributed by atoms with van der Waals surface area (Å²) in [6, 6.07) is -0.652. The van der Waals surface area contributed by atoms with Crippen LogP contribution in [0.25, 0.3) is 0 Å². The number of carbonyl (C=O) groups excluding carboxylic acids is 1. The van der Waals surface area contributed by atoms with Crippen LogP contribution in [-0.2, 0) is 10.4 Å². The standard InChI is InChI=1S/C15H21F6N3O2/c1-4-5-6-7-11(25)23-12-10(8-22-24(12)9(2)3)13(26,14(16,17)18)15(19,20)21/h8-9,26H,4-7H2,1-3H3,(H,23,25). The minimum atomic E-state index is -6.06. The van der Waals surface area contributed by atoms with Crippen LogP contribution in [0.3, 0.4) is 0 Å². The molecule has 5 nitrogen and oxygen atoms in total. The Morgan fingerprint density at radius 3 is 2.15 bits per heavy atom. The number of hydrogen-bond donors (Lipinski definition) is 2. The van der Waals surface area contributed by atoms with Crippen LogP contribution >= 0.6 is 0 Å². The van der Waals surface area contributed by atoms with E-state index in [0.717, 1.165) is 11.1 Å². The Kier molecular flexibility index (Phi) is 6.72. The van der Waals surface area contributed by atoms with Gasteiger partial charge < -0.3 is 10.4 Å². The molecule has 1 aromatic rings. The van der Waals surface area contributed by atoms with Crippen LogP contribution in [0.2, 0.25) is 0 Å². The topological polar surface area (TPSA) is 67.2 Å². The van der Waals surface area contributed by atoms with Crippen molar-refractivity contribution in [1.82, 2.24) is 9.78 Å². The van der Waals surface area contributed by atoms with Crippen LogP contribution in [0, 0.1) is 0 Å². The minimum absolute atomic E-state index is 0.0764. The maximum Gasteiger partial charge on any atom is 0.430 e. The molecule has 1 amide bonds. The Hall–Kier alpha value is -1.78. The number of carbonyl (C=O) groups is 1. The quantitative estimate of drug-likeness (QED) is 0.540. The predicted molar refractivity (Wildman–Crippen MR) is 81.4 cm³/mol. The lowest BCUT2D eigenvalue weighted by Crippen LogP contribution is -2.54. The number of nitrogens with one attached hydrogen (secondary N) is 1. The second kappa shape index (κ2) is 7.85. The molecule has 0 aliphatic rings. The first-order valence-electron chi connectivity index (χ1n) is 8.01. The van der Waals surface area contributed by atoms with E-state index in [9.17, 15) is 36.2 Å². The zero-order chi connectivity index (χ0) is 20.3. The van der Waals surface area contributed by atoms with Crippen molar-refractivity contribution in [2.45, 2.75) is 70.4 Å². The molecule has 0 saturated carbocycles. The molecular formula is C15H21F6N3O2. The van der Waals surface area contributed by atoms with Gasteiger partial charge in [-0.25, -0.2) is 4.68 Å². The van der Waals surface area contributed by atoms with Crippen LogP contribution < -0.4 is 5.32 Å². The summed E-state index contributed by atoms with van der Waals surface area (Å²) in [6.07, 6.45) is -10.0. The number of alkyl halides is 6. The summed E-state index contributed by atoms with van der Waals surface area (Å²) >= 11 is 0. The molecule has 0 aliphatic carbocycles. The van der Waals surface area contributed by atoms with E-state index in [1.807, 2.05) is 6.92 Å². The summed E-state index contributed by atoms with van der Waals surface area (Å²) in [4.78, 5) is 11.9. The van der Waals surface area contributed by atoms with Gasteiger partial charge in [0.25, 0.3) is 5.60 Å². The second-order valence-electron chi connectivity index (χ2n) is 6.16. The van der Waals surface area contributed by atoms with Crippen LogP contribution in [0.1, 0.15) is 58.1 Å². The number of amides is 1. The van der Waals surface area contributed by atoms with Gasteiger partial charge in [0.15, 0.2) is 0 Å². The number of aromatic nitrogens is 2. The fourth-order valence-corrected chi connectivity index (χ4v) is 2.34. The largest absolute Gasteiger partial charge is 0.430 e.